The zero-order valence-electron chi connectivity index (χ0n) is 18.2. The van der Waals surface area contributed by atoms with Crippen LogP contribution in [0.1, 0.15) is 13.8 Å². The van der Waals surface area contributed by atoms with E-state index in [1.807, 2.05) is 0 Å². The van der Waals surface area contributed by atoms with Crippen molar-refractivity contribution in [3.63, 3.8) is 0 Å². The number of aliphatic carboxylic acids is 2. The fourth-order valence-corrected chi connectivity index (χ4v) is 0. The number of hydrogen-bond donors (Lipinski definition) is 2. The molecule has 0 amide bonds. The van der Waals surface area contributed by atoms with Gasteiger partial charge in [0.2, 0.25) is 0 Å². The van der Waals surface area contributed by atoms with E-state index in [2.05, 4.69) is 0 Å². The van der Waals surface area contributed by atoms with E-state index in [1.165, 1.54) is 0 Å². The van der Waals surface area contributed by atoms with Crippen LogP contribution in [-0.4, -0.2) is 71.4 Å². The van der Waals surface area contributed by atoms with E-state index in [1.54, 1.807) is 0 Å². The first-order chi connectivity index (χ1) is 3.46. The van der Waals surface area contributed by atoms with Crippen LogP contribution in [-0.2, 0) is 114 Å². The Hall–Kier alpha value is 2.11. The average molecular weight is 752 g/mol. The van der Waals surface area contributed by atoms with Gasteiger partial charge in [-0.15, -0.1) is 0 Å². The quantitative estimate of drug-likeness (QED) is 0.233. The Labute approximate surface area is 249 Å². The van der Waals surface area contributed by atoms with E-state index in [9.17, 15) is 0 Å². The minimum atomic E-state index is -0.833. The molecule has 0 aliphatic carbocycles. The summed E-state index contributed by atoms with van der Waals surface area (Å²) in [4.78, 5) is 18.0. The van der Waals surface area contributed by atoms with E-state index in [0.29, 0.717) is 0 Å². The van der Waals surface area contributed by atoms with Gasteiger partial charge in [0.25, 0.3) is 11.9 Å². The maximum atomic E-state index is 9.00. The van der Waals surface area contributed by atoms with E-state index in [-0.39, 0.29) is 206 Å². The summed E-state index contributed by atoms with van der Waals surface area (Å²) in [6.45, 7) is 2.17. The van der Waals surface area contributed by atoms with Gasteiger partial charge in [0, 0.05) is 40.1 Å². The molecule has 17 heteroatoms. The Balaban J connectivity index is -0.000000000750. The molecule has 0 aromatic carbocycles. The zero-order chi connectivity index (χ0) is 7.15. The molecule has 0 aromatic rings. The third kappa shape index (κ3) is 4630. The Kier molecular flexibility index (Phi) is 4840. The van der Waals surface area contributed by atoms with Crippen LogP contribution in [0.4, 0.5) is 0 Å². The minimum Gasteiger partial charge on any atom is -0.481 e. The first-order valence-electron chi connectivity index (χ1n) is 1.86. The van der Waals surface area contributed by atoms with Crippen molar-refractivity contribution in [2.45, 2.75) is 13.8 Å². The average Bonchev–Trinajstić information content (AvgIpc) is 1.25. The molecule has 0 aromatic heterocycles. The van der Waals surface area contributed by atoms with Crippen molar-refractivity contribution in [3.8, 4) is 0 Å². The van der Waals surface area contributed by atoms with Crippen LogP contribution in [0.15, 0.2) is 0 Å². The molecule has 0 aliphatic heterocycles. The second-order valence-electron chi connectivity index (χ2n) is 1.04. The molecule has 0 unspecified atom stereocenters. The first kappa shape index (κ1) is 388. The predicted molar refractivity (Wildman–Crippen MR) is 104 cm³/mol. The minimum absolute atomic E-state index is 0. The number of carbonyl (C=O) groups is 2. The zero-order valence-corrected chi connectivity index (χ0v) is 28.0. The van der Waals surface area contributed by atoms with Crippen molar-refractivity contribution in [2.75, 3.05) is 0 Å². The SMILES string of the molecule is CC(=O)O.CC(=O)O.O.O.O.O.O.O.O.O.O.[CH3-].[CH3-].[CH3-].[CH3-].[CH3-].[CH3-].[CH3-].[Zr+2].[Zr+2].[Zr+2].[Zr]. The summed E-state index contributed by atoms with van der Waals surface area (Å²) in [6.07, 6.45) is 0. The van der Waals surface area contributed by atoms with Gasteiger partial charge < -0.3 is 111 Å². The first-order valence-corrected chi connectivity index (χ1v) is 1.86. The number of rotatable bonds is 0. The van der Waals surface area contributed by atoms with Crippen molar-refractivity contribution < 1.29 is 174 Å². The Bertz CT molecular complexity index is 98.5. The van der Waals surface area contributed by atoms with E-state index in [0.717, 1.165) is 13.8 Å². The second kappa shape index (κ2) is 350. The summed E-state index contributed by atoms with van der Waals surface area (Å²) in [7, 11) is 0. The molecule has 0 spiro atoms. The van der Waals surface area contributed by atoms with Crippen molar-refractivity contribution in [1.82, 2.24) is 0 Å². The molecule has 0 bridgehead atoms. The van der Waals surface area contributed by atoms with Gasteiger partial charge in [0.15, 0.2) is 0 Å². The molecule has 0 rings (SSSR count). The summed E-state index contributed by atoms with van der Waals surface area (Å²) in [5.74, 6) is -1.67. The predicted octanol–water partition coefficient (Wildman–Crippen LogP) is -4.10. The molecule has 0 fully saturated rings. The van der Waals surface area contributed by atoms with Crippen LogP contribution in [0, 0.1) is 52.0 Å². The van der Waals surface area contributed by atoms with Crippen molar-refractivity contribution in [3.05, 3.63) is 52.0 Å². The molecule has 0 radical (unpaired) electrons. The third-order valence-corrected chi connectivity index (χ3v) is 0. The summed E-state index contributed by atoms with van der Waals surface area (Å²) in [5, 5.41) is 14.8. The van der Waals surface area contributed by atoms with Crippen LogP contribution in [0.25, 0.3) is 0 Å². The molecule has 28 heavy (non-hydrogen) atoms. The number of carboxylic acids is 2. The number of carboxylic acid groups (broad SMARTS) is 2. The maximum Gasteiger partial charge on any atom is 2.00 e. The van der Waals surface area contributed by atoms with Crippen molar-refractivity contribution >= 4 is 11.9 Å². The van der Waals surface area contributed by atoms with Gasteiger partial charge >= 0.3 is 78.6 Å². The Morgan fingerprint density at radius 3 is 0.429 bits per heavy atom. The number of hydrogen-bond acceptors (Lipinski definition) is 2. The van der Waals surface area contributed by atoms with Crippen molar-refractivity contribution in [1.29, 1.82) is 0 Å². The molecule has 186 valence electrons. The van der Waals surface area contributed by atoms with Gasteiger partial charge in [-0.3, -0.25) is 9.59 Å². The summed E-state index contributed by atoms with van der Waals surface area (Å²) in [5.41, 5.74) is 0. The van der Waals surface area contributed by atoms with E-state index >= 15 is 0 Å². The molecule has 20 N–H and O–H groups in total. The molecule has 0 atom stereocenters. The second-order valence-corrected chi connectivity index (χ2v) is 1.04. The van der Waals surface area contributed by atoms with Crippen LogP contribution in [0.5, 0.6) is 0 Å². The molecular formula is C11H47O13Zr4-. The fourth-order valence-electron chi connectivity index (χ4n) is 0. The normalized spacial score (nSPS) is 1.79. The standard InChI is InChI=1S/2C2H4O2.7CH3.9H2O.4Zr/c2*1-2(3)4;;;;;;;;;;;;;;;;;;;;/h2*1H3,(H,3,4);7*1H3;9*1H2;;;;/q;;7*-1;;;;;;;;;;;3*+2. The summed E-state index contributed by atoms with van der Waals surface area (Å²) < 4.78 is 0. The Morgan fingerprint density at radius 1 is 0.429 bits per heavy atom. The van der Waals surface area contributed by atoms with Gasteiger partial charge in [-0.25, -0.2) is 0 Å². The van der Waals surface area contributed by atoms with Crippen molar-refractivity contribution in [2.24, 2.45) is 0 Å². The van der Waals surface area contributed by atoms with Gasteiger partial charge in [-0.2, -0.15) is 0 Å². The summed E-state index contributed by atoms with van der Waals surface area (Å²) >= 11 is 0. The van der Waals surface area contributed by atoms with Gasteiger partial charge in [0.05, 0.1) is 0 Å². The van der Waals surface area contributed by atoms with Crippen LogP contribution < -0.4 is 0 Å². The fraction of sp³-hybridized carbons (Fsp3) is 0.182. The maximum absolute atomic E-state index is 9.00. The monoisotopic (exact) mass is 747 g/mol. The van der Waals surface area contributed by atoms with Gasteiger partial charge in [0.1, 0.15) is 0 Å². The molecule has 0 aliphatic rings. The van der Waals surface area contributed by atoms with Crippen LogP contribution in [0.3, 0.4) is 0 Å². The van der Waals surface area contributed by atoms with E-state index in [4.69, 9.17) is 19.8 Å². The third-order valence-electron chi connectivity index (χ3n) is 0. The summed E-state index contributed by atoms with van der Waals surface area (Å²) in [6, 6.07) is 0. The smallest absolute Gasteiger partial charge is 0.481 e. The topological polar surface area (TPSA) is 358 Å². The van der Waals surface area contributed by atoms with Gasteiger partial charge in [-0.05, 0) is 0 Å². The molecular weight excluding hydrogens is 705 g/mol. The van der Waals surface area contributed by atoms with Crippen LogP contribution >= 0.6 is 0 Å². The van der Waals surface area contributed by atoms with Crippen LogP contribution in [0.2, 0.25) is 0 Å². The Morgan fingerprint density at radius 2 is 0.429 bits per heavy atom. The molecule has 13 nitrogen and oxygen atoms in total. The van der Waals surface area contributed by atoms with E-state index < -0.39 is 11.9 Å². The van der Waals surface area contributed by atoms with Gasteiger partial charge in [-0.1, -0.05) is 0 Å². The largest absolute Gasteiger partial charge is 2.00 e. The molecule has 0 saturated heterocycles. The molecule has 0 heterocycles. The molecule has 0 saturated carbocycles.